The number of aryl methyl sites for hydroxylation is 1. The maximum atomic E-state index is 9.94. The molecule has 164 valence electrons. The minimum atomic E-state index is -0.450. The Balaban J connectivity index is 1.49. The van der Waals surface area contributed by atoms with E-state index >= 15 is 0 Å². The number of nitrogens with zero attached hydrogens (tertiary/aromatic N) is 5. The number of rotatable bonds is 4. The van der Waals surface area contributed by atoms with Crippen molar-refractivity contribution in [1.82, 2.24) is 19.7 Å². The molecular formula is C23H25N7O2. The molecule has 3 N–H and O–H groups in total. The number of hydrogen-bond acceptors (Lipinski definition) is 8. The van der Waals surface area contributed by atoms with E-state index in [0.717, 1.165) is 41.9 Å². The average Bonchev–Trinajstić information content (AvgIpc) is 3.27. The van der Waals surface area contributed by atoms with Gasteiger partial charge in [-0.3, -0.25) is 0 Å². The molecule has 9 nitrogen and oxygen atoms in total. The molecule has 2 aliphatic rings. The molecule has 0 bridgehead atoms. The first kappa shape index (κ1) is 20.3. The zero-order chi connectivity index (χ0) is 22.3. The van der Waals surface area contributed by atoms with Crippen LogP contribution in [0, 0.1) is 11.3 Å². The van der Waals surface area contributed by atoms with E-state index < -0.39 is 5.41 Å². The topological polar surface area (TPSA) is 121 Å². The van der Waals surface area contributed by atoms with E-state index in [1.807, 2.05) is 29.8 Å². The number of fused-ring (bicyclic) bond motifs is 2. The molecule has 1 aromatic carbocycles. The number of aromatic nitrogens is 4. The predicted octanol–water partition coefficient (Wildman–Crippen LogP) is 3.19. The lowest BCUT2D eigenvalue weighted by Crippen LogP contribution is -2.28. The number of anilines is 3. The van der Waals surface area contributed by atoms with E-state index in [0.29, 0.717) is 29.6 Å². The van der Waals surface area contributed by atoms with Crippen molar-refractivity contribution in [3.63, 3.8) is 0 Å². The van der Waals surface area contributed by atoms with Crippen LogP contribution in [0.1, 0.15) is 37.8 Å². The summed E-state index contributed by atoms with van der Waals surface area (Å²) in [6, 6.07) is 7.89. The highest BCUT2D eigenvalue weighted by molar-refractivity contribution is 5.76. The quantitative estimate of drug-likeness (QED) is 0.576. The van der Waals surface area contributed by atoms with Gasteiger partial charge in [-0.05, 0) is 43.5 Å². The second kappa shape index (κ2) is 7.80. The molecule has 0 spiro atoms. The van der Waals surface area contributed by atoms with Crippen LogP contribution in [-0.4, -0.2) is 44.1 Å². The van der Waals surface area contributed by atoms with Crippen LogP contribution in [0.25, 0.3) is 11.3 Å². The number of aliphatic hydroxyl groups is 1. The Morgan fingerprint density at radius 2 is 2.31 bits per heavy atom. The summed E-state index contributed by atoms with van der Waals surface area (Å²) in [7, 11) is 0. The normalized spacial score (nSPS) is 21.5. The van der Waals surface area contributed by atoms with Crippen molar-refractivity contribution in [1.29, 1.82) is 5.26 Å². The molecule has 0 fully saturated rings. The van der Waals surface area contributed by atoms with Crippen molar-refractivity contribution in [3.8, 4) is 23.2 Å². The lowest BCUT2D eigenvalue weighted by molar-refractivity contribution is 0.209. The smallest absolute Gasteiger partial charge is 0.236 e. The fourth-order valence-corrected chi connectivity index (χ4v) is 4.29. The highest BCUT2D eigenvalue weighted by Gasteiger charge is 2.36. The molecule has 0 saturated heterocycles. The summed E-state index contributed by atoms with van der Waals surface area (Å²) in [4.78, 5) is 9.04. The van der Waals surface area contributed by atoms with Crippen molar-refractivity contribution in [3.05, 3.63) is 41.7 Å². The van der Waals surface area contributed by atoms with Gasteiger partial charge in [-0.15, -0.1) is 0 Å². The molecule has 3 aromatic rings. The van der Waals surface area contributed by atoms with Crippen LogP contribution in [0.15, 0.2) is 30.6 Å². The van der Waals surface area contributed by atoms with Crippen LogP contribution in [0.5, 0.6) is 5.88 Å². The predicted molar refractivity (Wildman–Crippen MR) is 120 cm³/mol. The molecule has 9 heteroatoms. The molecular weight excluding hydrogens is 406 g/mol. The van der Waals surface area contributed by atoms with Crippen LogP contribution >= 0.6 is 0 Å². The number of nitriles is 1. The first-order valence-corrected chi connectivity index (χ1v) is 10.8. The SMILES string of the molecule is CC1CCCn2ncc(Nc3nccc(-c4cc(C#N)c5c(c4)C(C)(CO)CN5)n3)c2O1. The van der Waals surface area contributed by atoms with Gasteiger partial charge >= 0.3 is 0 Å². The standard InChI is InChI=1S/C23H25N7O2/c1-14-4-3-7-30-21(32-14)19(11-27-30)29-22-25-6-5-18(28-22)15-8-16(10-24)20-17(9-15)23(2,13-31)12-26-20/h5-6,8-9,11,14,26,31H,3-4,7,12-13H2,1-2H3,(H,25,28,29). The van der Waals surface area contributed by atoms with Crippen molar-refractivity contribution < 1.29 is 9.84 Å². The first-order valence-electron chi connectivity index (χ1n) is 10.8. The van der Waals surface area contributed by atoms with Crippen LogP contribution in [0.4, 0.5) is 17.3 Å². The lowest BCUT2D eigenvalue weighted by atomic mass is 9.83. The first-order chi connectivity index (χ1) is 15.5. The number of hydrogen-bond donors (Lipinski definition) is 3. The zero-order valence-corrected chi connectivity index (χ0v) is 18.1. The van der Waals surface area contributed by atoms with Gasteiger partial charge in [-0.2, -0.15) is 10.4 Å². The summed E-state index contributed by atoms with van der Waals surface area (Å²) in [6.45, 7) is 5.42. The molecule has 4 heterocycles. The second-order valence-electron chi connectivity index (χ2n) is 8.68. The van der Waals surface area contributed by atoms with Crippen molar-refractivity contribution in [2.45, 2.75) is 44.8 Å². The highest BCUT2D eigenvalue weighted by Crippen LogP contribution is 2.41. The third-order valence-electron chi connectivity index (χ3n) is 6.20. The van der Waals surface area contributed by atoms with Gasteiger partial charge in [0.05, 0.1) is 35.9 Å². The number of aliphatic hydroxyl groups excluding tert-OH is 1. The number of nitrogens with one attached hydrogen (secondary N) is 2. The van der Waals surface area contributed by atoms with Crippen LogP contribution in [-0.2, 0) is 12.0 Å². The summed E-state index contributed by atoms with van der Waals surface area (Å²) in [5, 5.41) is 30.5. The van der Waals surface area contributed by atoms with Gasteiger partial charge in [0.2, 0.25) is 11.8 Å². The van der Waals surface area contributed by atoms with Crippen molar-refractivity contribution in [2.24, 2.45) is 0 Å². The fraction of sp³-hybridized carbons (Fsp3) is 0.391. The molecule has 2 aromatic heterocycles. The van der Waals surface area contributed by atoms with Crippen molar-refractivity contribution >= 4 is 17.3 Å². The molecule has 0 aliphatic carbocycles. The zero-order valence-electron chi connectivity index (χ0n) is 18.1. The van der Waals surface area contributed by atoms with Gasteiger partial charge in [-0.1, -0.05) is 6.92 Å². The van der Waals surface area contributed by atoms with Gasteiger partial charge < -0.3 is 20.5 Å². The highest BCUT2D eigenvalue weighted by atomic mass is 16.5. The Bertz CT molecular complexity index is 1220. The largest absolute Gasteiger partial charge is 0.473 e. The number of ether oxygens (including phenoxy) is 1. The maximum absolute atomic E-state index is 9.94. The van der Waals surface area contributed by atoms with E-state index in [-0.39, 0.29) is 12.7 Å². The van der Waals surface area contributed by atoms with Gasteiger partial charge in [0.25, 0.3) is 0 Å². The van der Waals surface area contributed by atoms with E-state index in [2.05, 4.69) is 38.7 Å². The van der Waals surface area contributed by atoms with Gasteiger partial charge in [0.1, 0.15) is 11.8 Å². The van der Waals surface area contributed by atoms with Gasteiger partial charge in [0, 0.05) is 30.3 Å². The van der Waals surface area contributed by atoms with E-state index in [9.17, 15) is 10.4 Å². The van der Waals surface area contributed by atoms with E-state index in [1.54, 1.807) is 12.4 Å². The Morgan fingerprint density at radius 1 is 1.44 bits per heavy atom. The maximum Gasteiger partial charge on any atom is 0.236 e. The van der Waals surface area contributed by atoms with Crippen LogP contribution in [0.3, 0.4) is 0 Å². The van der Waals surface area contributed by atoms with Crippen molar-refractivity contribution in [2.75, 3.05) is 23.8 Å². The van der Waals surface area contributed by atoms with Crippen LogP contribution < -0.4 is 15.4 Å². The Hall–Kier alpha value is -3.64. The fourth-order valence-electron chi connectivity index (χ4n) is 4.29. The molecule has 2 aliphatic heterocycles. The second-order valence-corrected chi connectivity index (χ2v) is 8.68. The third kappa shape index (κ3) is 3.42. The Kier molecular flexibility index (Phi) is 4.94. The van der Waals surface area contributed by atoms with Gasteiger partial charge in [0.15, 0.2) is 0 Å². The third-order valence-corrected chi connectivity index (χ3v) is 6.20. The molecule has 32 heavy (non-hydrogen) atoms. The summed E-state index contributed by atoms with van der Waals surface area (Å²) in [5.41, 5.74) is 4.00. The lowest BCUT2D eigenvalue weighted by Gasteiger charge is -2.21. The summed E-state index contributed by atoms with van der Waals surface area (Å²) in [6.07, 6.45) is 5.52. The number of benzene rings is 1. The van der Waals surface area contributed by atoms with Crippen LogP contribution in [0.2, 0.25) is 0 Å². The summed E-state index contributed by atoms with van der Waals surface area (Å²) < 4.78 is 7.91. The van der Waals surface area contributed by atoms with Gasteiger partial charge in [-0.25, -0.2) is 14.6 Å². The molecule has 0 radical (unpaired) electrons. The Morgan fingerprint density at radius 3 is 3.12 bits per heavy atom. The molecule has 5 rings (SSSR count). The van der Waals surface area contributed by atoms with E-state index in [1.165, 1.54) is 0 Å². The van der Waals surface area contributed by atoms with E-state index in [4.69, 9.17) is 4.74 Å². The minimum Gasteiger partial charge on any atom is -0.473 e. The summed E-state index contributed by atoms with van der Waals surface area (Å²) in [5.74, 6) is 1.11. The minimum absolute atomic E-state index is 0.0108. The monoisotopic (exact) mass is 431 g/mol. The Labute approximate surface area is 186 Å². The molecule has 2 atom stereocenters. The molecule has 0 amide bonds. The molecule has 0 saturated carbocycles. The summed E-state index contributed by atoms with van der Waals surface area (Å²) >= 11 is 0. The molecule has 2 unspecified atom stereocenters. The average molecular weight is 432 g/mol.